The van der Waals surface area contributed by atoms with Crippen LogP contribution in [0.25, 0.3) is 16.7 Å². The summed E-state index contributed by atoms with van der Waals surface area (Å²) in [5.41, 5.74) is 10.3. The maximum absolute atomic E-state index is 2.77. The smallest absolute Gasteiger partial charge is 1.00 e. The fourth-order valence-corrected chi connectivity index (χ4v) is 14.1. The minimum absolute atomic E-state index is 0. The van der Waals surface area contributed by atoms with Crippen LogP contribution in [0.3, 0.4) is 0 Å². The molecule has 0 N–H and O–H groups in total. The quantitative estimate of drug-likeness (QED) is 0.339. The summed E-state index contributed by atoms with van der Waals surface area (Å²) in [6.45, 7) is 0. The van der Waals surface area contributed by atoms with Gasteiger partial charge in [0.15, 0.2) is 0 Å². The van der Waals surface area contributed by atoms with Crippen LogP contribution >= 0.6 is 11.3 Å². The van der Waals surface area contributed by atoms with E-state index < -0.39 is 21.3 Å². The molecule has 3 aromatic carbocycles. The Bertz CT molecular complexity index is 1320. The van der Waals surface area contributed by atoms with E-state index in [9.17, 15) is 0 Å². The van der Waals surface area contributed by atoms with Gasteiger partial charge in [0.2, 0.25) is 0 Å². The summed E-state index contributed by atoms with van der Waals surface area (Å²) in [4.78, 5) is 0. The second-order valence-electron chi connectivity index (χ2n) is 8.47. The molecule has 0 atom stereocenters. The van der Waals surface area contributed by atoms with Gasteiger partial charge in [0, 0.05) is 0 Å². The SMILES string of the molecule is C1=CC(c2ccsc2)=[C](/[Zr+2](=[CH]/Cc2ccccc2)[CH]2c3ccccc3-c3ccccc32)C1.[Cl-].[Cl-]. The summed E-state index contributed by atoms with van der Waals surface area (Å²) >= 11 is -0.451. The molecule has 0 nitrogen and oxygen atoms in total. The van der Waals surface area contributed by atoms with Crippen molar-refractivity contribution in [2.24, 2.45) is 0 Å². The maximum Gasteiger partial charge on any atom is -1.00 e. The Morgan fingerprint density at radius 3 is 2.09 bits per heavy atom. The van der Waals surface area contributed by atoms with Gasteiger partial charge in [-0.1, -0.05) is 0 Å². The number of thiophene rings is 1. The Labute approximate surface area is 226 Å². The molecule has 168 valence electrons. The van der Waals surface area contributed by atoms with Gasteiger partial charge in [-0.2, -0.15) is 0 Å². The summed E-state index contributed by atoms with van der Waals surface area (Å²) in [6, 6.07) is 31.6. The molecule has 2 aliphatic rings. The van der Waals surface area contributed by atoms with E-state index in [1.807, 2.05) is 0 Å². The number of hydrogen-bond donors (Lipinski definition) is 0. The molecule has 0 saturated carbocycles. The van der Waals surface area contributed by atoms with Crippen LogP contribution in [0.4, 0.5) is 0 Å². The standard InChI is InChI=1S/C13H9.C9H7S.C8H8.2ClH.Zr/c1-3-7-12-10(5-1)9-11-6-2-4-8-13(11)12;1-2-4-8(3-1)9-5-6-10-7-9;1-2-8-6-4-3-5-7-8;;;/h1-9H;1,3,5-7H,2H2;1,3-7H,2H2;2*1H;/q;;;;;+2/p-2. The van der Waals surface area contributed by atoms with Crippen molar-refractivity contribution in [1.29, 1.82) is 0 Å². The molecule has 4 aromatic rings. The van der Waals surface area contributed by atoms with E-state index >= 15 is 0 Å². The van der Waals surface area contributed by atoms with Crippen molar-refractivity contribution in [3.8, 4) is 11.1 Å². The van der Waals surface area contributed by atoms with Crippen molar-refractivity contribution in [3.63, 3.8) is 0 Å². The van der Waals surface area contributed by atoms with Crippen molar-refractivity contribution < 1.29 is 46.1 Å². The molecule has 0 unspecified atom stereocenters. The molecule has 4 heteroatoms. The number of allylic oxidation sites excluding steroid dienone is 4. The average Bonchev–Trinajstić information content (AvgIpc) is 3.60. The molecule has 1 heterocycles. The predicted octanol–water partition coefficient (Wildman–Crippen LogP) is 1.86. The van der Waals surface area contributed by atoms with Crippen molar-refractivity contribution >= 4 is 20.6 Å². The van der Waals surface area contributed by atoms with Crippen LogP contribution in [-0.2, 0) is 27.7 Å². The predicted molar refractivity (Wildman–Crippen MR) is 135 cm³/mol. The molecule has 0 aliphatic heterocycles. The largest absolute Gasteiger partial charge is 1.00 e. The monoisotopic (exact) mass is 576 g/mol. The van der Waals surface area contributed by atoms with E-state index in [4.69, 9.17) is 0 Å². The van der Waals surface area contributed by atoms with Gasteiger partial charge in [-0.05, 0) is 0 Å². The average molecular weight is 579 g/mol. The molecule has 2 aliphatic carbocycles. The first-order valence-corrected chi connectivity index (χ1v) is 16.3. The summed E-state index contributed by atoms with van der Waals surface area (Å²) < 4.78 is 5.07. The van der Waals surface area contributed by atoms with Crippen LogP contribution in [0.2, 0.25) is 0 Å². The van der Waals surface area contributed by atoms with E-state index in [0.717, 1.165) is 12.8 Å². The van der Waals surface area contributed by atoms with E-state index in [-0.39, 0.29) is 24.8 Å². The van der Waals surface area contributed by atoms with Crippen LogP contribution in [0.5, 0.6) is 0 Å². The van der Waals surface area contributed by atoms with Gasteiger partial charge in [0.1, 0.15) is 0 Å². The molecule has 1 aromatic heterocycles. The fraction of sp³-hybridized carbons (Fsp3) is 0.100. The number of hydrogen-bond acceptors (Lipinski definition) is 1. The normalized spacial score (nSPS) is 13.9. The first kappa shape index (κ1) is 25.3. The summed E-state index contributed by atoms with van der Waals surface area (Å²) in [6.07, 6.45) is 6.97. The zero-order valence-electron chi connectivity index (χ0n) is 18.6. The van der Waals surface area contributed by atoms with Gasteiger partial charge >= 0.3 is 203 Å². The van der Waals surface area contributed by atoms with Crippen LogP contribution in [0.15, 0.2) is 111 Å². The molecule has 0 saturated heterocycles. The fourth-order valence-electron chi connectivity index (χ4n) is 5.21. The molecule has 0 bridgehead atoms. The zero-order valence-corrected chi connectivity index (χ0v) is 23.4. The molecule has 0 radical (unpaired) electrons. The maximum atomic E-state index is 2.77. The topological polar surface area (TPSA) is 0 Å². The van der Waals surface area contributed by atoms with Crippen molar-refractivity contribution in [2.45, 2.75) is 16.5 Å². The Morgan fingerprint density at radius 2 is 1.44 bits per heavy atom. The number of benzene rings is 3. The molecular weight excluding hydrogens is 555 g/mol. The Morgan fingerprint density at radius 1 is 0.794 bits per heavy atom. The first-order valence-electron chi connectivity index (χ1n) is 11.2. The Hall–Kier alpha value is -1.83. The third-order valence-corrected chi connectivity index (χ3v) is 14.9. The van der Waals surface area contributed by atoms with E-state index in [1.165, 1.54) is 27.8 Å². The minimum Gasteiger partial charge on any atom is -1.00 e. The van der Waals surface area contributed by atoms with Gasteiger partial charge < -0.3 is 24.8 Å². The summed E-state index contributed by atoms with van der Waals surface area (Å²) in [5.74, 6) is 0. The number of halogens is 2. The van der Waals surface area contributed by atoms with Crippen molar-refractivity contribution in [1.82, 2.24) is 0 Å². The van der Waals surface area contributed by atoms with Crippen molar-refractivity contribution in [2.75, 3.05) is 0 Å². The van der Waals surface area contributed by atoms with E-state index in [0.29, 0.717) is 3.63 Å². The Kier molecular flexibility index (Phi) is 8.38. The molecule has 0 amide bonds. The molecule has 0 spiro atoms. The van der Waals surface area contributed by atoms with E-state index in [1.54, 1.807) is 25.7 Å². The summed E-state index contributed by atoms with van der Waals surface area (Å²) in [5, 5.41) is 4.53. The van der Waals surface area contributed by atoms with Gasteiger partial charge in [0.05, 0.1) is 0 Å². The zero-order chi connectivity index (χ0) is 21.3. The van der Waals surface area contributed by atoms with Gasteiger partial charge in [-0.25, -0.2) is 0 Å². The molecular formula is C30H24Cl2SZr. The third kappa shape index (κ3) is 4.67. The minimum atomic E-state index is -2.25. The molecule has 6 rings (SSSR count). The van der Waals surface area contributed by atoms with E-state index in [2.05, 4.69) is 112 Å². The van der Waals surface area contributed by atoms with Crippen LogP contribution < -0.4 is 24.8 Å². The number of fused-ring (bicyclic) bond motifs is 3. The van der Waals surface area contributed by atoms with Crippen LogP contribution in [0, 0.1) is 0 Å². The van der Waals surface area contributed by atoms with Gasteiger partial charge in [-0.3, -0.25) is 0 Å². The van der Waals surface area contributed by atoms with Gasteiger partial charge in [0.25, 0.3) is 0 Å². The van der Waals surface area contributed by atoms with Crippen LogP contribution in [0.1, 0.15) is 32.3 Å². The third-order valence-electron chi connectivity index (χ3n) is 6.66. The molecule has 34 heavy (non-hydrogen) atoms. The number of rotatable bonds is 5. The second-order valence-corrected chi connectivity index (χ2v) is 15.4. The van der Waals surface area contributed by atoms with Gasteiger partial charge in [-0.15, -0.1) is 0 Å². The van der Waals surface area contributed by atoms with Crippen molar-refractivity contribution in [3.05, 3.63) is 133 Å². The van der Waals surface area contributed by atoms with Crippen LogP contribution in [-0.4, -0.2) is 3.71 Å². The Balaban J connectivity index is 0.00000137. The summed E-state index contributed by atoms with van der Waals surface area (Å²) in [7, 11) is 0. The second kappa shape index (κ2) is 11.3. The first-order chi connectivity index (χ1) is 15.9. The molecule has 0 fully saturated rings.